The predicted octanol–water partition coefficient (Wildman–Crippen LogP) is 3.75. The minimum absolute atomic E-state index is 0.202. The zero-order valence-corrected chi connectivity index (χ0v) is 13.7. The minimum Gasteiger partial charge on any atom is -0.497 e. The Balaban J connectivity index is 1.95. The summed E-state index contributed by atoms with van der Waals surface area (Å²) in [5.74, 6) is 1.19. The van der Waals surface area contributed by atoms with Crippen LogP contribution in [0.1, 0.15) is 12.5 Å². The van der Waals surface area contributed by atoms with E-state index in [0.29, 0.717) is 11.6 Å². The van der Waals surface area contributed by atoms with Gasteiger partial charge in [0, 0.05) is 17.3 Å². The molecule has 3 aromatic rings. The molecular formula is C19H19N3O2. The molecule has 1 heterocycles. The van der Waals surface area contributed by atoms with Crippen molar-refractivity contribution in [2.75, 3.05) is 12.4 Å². The number of para-hydroxylation sites is 1. The summed E-state index contributed by atoms with van der Waals surface area (Å²) in [5.41, 5.74) is 3.36. The maximum absolute atomic E-state index is 12.0. The lowest BCUT2D eigenvalue weighted by Crippen LogP contribution is -2.11. The first-order chi connectivity index (χ1) is 11.7. The lowest BCUT2D eigenvalue weighted by molar-refractivity contribution is 0.415. The van der Waals surface area contributed by atoms with E-state index in [2.05, 4.69) is 22.2 Å². The van der Waals surface area contributed by atoms with Crippen LogP contribution < -0.4 is 15.6 Å². The van der Waals surface area contributed by atoms with E-state index >= 15 is 0 Å². The third-order valence-electron chi connectivity index (χ3n) is 3.78. The number of hydrogen-bond donors (Lipinski definition) is 2. The van der Waals surface area contributed by atoms with Crippen LogP contribution in [0.4, 0.5) is 11.6 Å². The van der Waals surface area contributed by atoms with Crippen molar-refractivity contribution in [3.8, 4) is 17.0 Å². The molecule has 0 spiro atoms. The molecule has 0 unspecified atom stereocenters. The maximum atomic E-state index is 12.0. The standard InChI is InChI=1S/C19H19N3O2/c1-3-13-6-4-5-7-16(13)20-19-21-17(12-18(23)22-19)14-8-10-15(24-2)11-9-14/h4-12H,3H2,1-2H3,(H2,20,21,22,23). The zero-order valence-electron chi connectivity index (χ0n) is 13.7. The summed E-state index contributed by atoms with van der Waals surface area (Å²) in [7, 11) is 1.62. The fourth-order valence-corrected chi connectivity index (χ4v) is 2.50. The predicted molar refractivity (Wildman–Crippen MR) is 95.9 cm³/mol. The van der Waals surface area contributed by atoms with Gasteiger partial charge in [0.2, 0.25) is 5.95 Å². The number of benzene rings is 2. The molecule has 0 aliphatic heterocycles. The largest absolute Gasteiger partial charge is 0.497 e. The Morgan fingerprint density at radius 3 is 2.58 bits per heavy atom. The highest BCUT2D eigenvalue weighted by molar-refractivity contribution is 5.64. The van der Waals surface area contributed by atoms with Gasteiger partial charge in [-0.25, -0.2) is 4.98 Å². The summed E-state index contributed by atoms with van der Waals surface area (Å²) < 4.78 is 5.16. The van der Waals surface area contributed by atoms with E-state index in [4.69, 9.17) is 4.74 Å². The molecular weight excluding hydrogens is 302 g/mol. The quantitative estimate of drug-likeness (QED) is 0.751. The van der Waals surface area contributed by atoms with E-state index < -0.39 is 0 Å². The smallest absolute Gasteiger partial charge is 0.252 e. The van der Waals surface area contributed by atoms with Crippen LogP contribution in [0.25, 0.3) is 11.3 Å². The van der Waals surface area contributed by atoms with E-state index in [1.807, 2.05) is 48.5 Å². The van der Waals surface area contributed by atoms with Gasteiger partial charge >= 0.3 is 0 Å². The van der Waals surface area contributed by atoms with Gasteiger partial charge in [-0.15, -0.1) is 0 Å². The van der Waals surface area contributed by atoms with Gasteiger partial charge in [-0.05, 0) is 42.3 Å². The van der Waals surface area contributed by atoms with Gasteiger partial charge in [-0.2, -0.15) is 0 Å². The summed E-state index contributed by atoms with van der Waals surface area (Å²) in [6, 6.07) is 16.9. The number of aromatic nitrogens is 2. The summed E-state index contributed by atoms with van der Waals surface area (Å²) in [4.78, 5) is 19.3. The number of H-pyrrole nitrogens is 1. The molecule has 0 bridgehead atoms. The minimum atomic E-state index is -0.202. The van der Waals surface area contributed by atoms with Crippen LogP contribution in [0.5, 0.6) is 5.75 Å². The van der Waals surface area contributed by atoms with Crippen molar-refractivity contribution < 1.29 is 4.74 Å². The first-order valence-electron chi connectivity index (χ1n) is 7.80. The Kier molecular flexibility index (Phi) is 4.61. The molecule has 2 aromatic carbocycles. The van der Waals surface area contributed by atoms with E-state index in [-0.39, 0.29) is 5.56 Å². The fourth-order valence-electron chi connectivity index (χ4n) is 2.50. The van der Waals surface area contributed by atoms with Gasteiger partial charge in [0.1, 0.15) is 5.75 Å². The average Bonchev–Trinajstić information content (AvgIpc) is 2.62. The number of methoxy groups -OCH3 is 1. The summed E-state index contributed by atoms with van der Waals surface area (Å²) in [6.07, 6.45) is 0.894. The monoisotopic (exact) mass is 321 g/mol. The summed E-state index contributed by atoms with van der Waals surface area (Å²) in [5, 5.41) is 3.21. The van der Waals surface area contributed by atoms with Crippen LogP contribution in [-0.4, -0.2) is 17.1 Å². The van der Waals surface area contributed by atoms with Gasteiger partial charge in [0.15, 0.2) is 0 Å². The van der Waals surface area contributed by atoms with Crippen molar-refractivity contribution in [2.24, 2.45) is 0 Å². The number of aromatic amines is 1. The molecule has 0 atom stereocenters. The number of hydrogen-bond acceptors (Lipinski definition) is 4. The number of anilines is 2. The van der Waals surface area contributed by atoms with Gasteiger partial charge in [0.25, 0.3) is 5.56 Å². The number of rotatable bonds is 5. The molecule has 5 nitrogen and oxygen atoms in total. The Labute approximate surface area is 140 Å². The van der Waals surface area contributed by atoms with Gasteiger partial charge in [0.05, 0.1) is 12.8 Å². The van der Waals surface area contributed by atoms with Gasteiger partial charge in [-0.3, -0.25) is 9.78 Å². The van der Waals surface area contributed by atoms with Crippen molar-refractivity contribution in [1.82, 2.24) is 9.97 Å². The summed E-state index contributed by atoms with van der Waals surface area (Å²) in [6.45, 7) is 2.09. The first-order valence-corrected chi connectivity index (χ1v) is 7.80. The van der Waals surface area contributed by atoms with Crippen LogP contribution in [0, 0.1) is 0 Å². The maximum Gasteiger partial charge on any atom is 0.252 e. The van der Waals surface area contributed by atoms with Crippen molar-refractivity contribution in [3.63, 3.8) is 0 Å². The van der Waals surface area contributed by atoms with E-state index in [1.165, 1.54) is 6.07 Å². The Hall–Kier alpha value is -3.08. The molecule has 0 saturated carbocycles. The molecule has 0 fully saturated rings. The fraction of sp³-hybridized carbons (Fsp3) is 0.158. The van der Waals surface area contributed by atoms with E-state index in [0.717, 1.165) is 29.0 Å². The average molecular weight is 321 g/mol. The van der Waals surface area contributed by atoms with Crippen molar-refractivity contribution >= 4 is 11.6 Å². The van der Waals surface area contributed by atoms with E-state index in [1.54, 1.807) is 7.11 Å². The van der Waals surface area contributed by atoms with E-state index in [9.17, 15) is 4.79 Å². The van der Waals surface area contributed by atoms with Crippen LogP contribution in [0.2, 0.25) is 0 Å². The normalized spacial score (nSPS) is 10.4. The van der Waals surface area contributed by atoms with Crippen LogP contribution >= 0.6 is 0 Å². The number of aryl methyl sites for hydroxylation is 1. The second-order valence-corrected chi connectivity index (χ2v) is 5.34. The number of nitrogens with one attached hydrogen (secondary N) is 2. The molecule has 122 valence electrons. The molecule has 0 amide bonds. The van der Waals surface area contributed by atoms with Crippen LogP contribution in [0.3, 0.4) is 0 Å². The highest BCUT2D eigenvalue weighted by atomic mass is 16.5. The topological polar surface area (TPSA) is 67.0 Å². The highest BCUT2D eigenvalue weighted by Gasteiger charge is 2.06. The second-order valence-electron chi connectivity index (χ2n) is 5.34. The highest BCUT2D eigenvalue weighted by Crippen LogP contribution is 2.22. The first kappa shape index (κ1) is 15.8. The SMILES string of the molecule is CCc1ccccc1Nc1nc(-c2ccc(OC)cc2)cc(=O)[nH]1. The molecule has 1 aromatic heterocycles. The van der Waals surface area contributed by atoms with Crippen molar-refractivity contribution in [2.45, 2.75) is 13.3 Å². The number of nitrogens with zero attached hydrogens (tertiary/aromatic N) is 1. The molecule has 0 aliphatic carbocycles. The Morgan fingerprint density at radius 1 is 1.12 bits per heavy atom. The van der Waals surface area contributed by atoms with Crippen LogP contribution in [0.15, 0.2) is 59.4 Å². The Morgan fingerprint density at radius 2 is 1.88 bits per heavy atom. The third kappa shape index (κ3) is 3.46. The number of ether oxygens (including phenoxy) is 1. The second kappa shape index (κ2) is 7.00. The molecule has 3 rings (SSSR count). The molecule has 24 heavy (non-hydrogen) atoms. The molecule has 5 heteroatoms. The third-order valence-corrected chi connectivity index (χ3v) is 3.78. The molecule has 0 saturated heterocycles. The van der Waals surface area contributed by atoms with Gasteiger partial charge < -0.3 is 10.1 Å². The Bertz CT molecular complexity index is 886. The van der Waals surface area contributed by atoms with Crippen LogP contribution in [-0.2, 0) is 6.42 Å². The van der Waals surface area contributed by atoms with Crippen molar-refractivity contribution in [1.29, 1.82) is 0 Å². The summed E-state index contributed by atoms with van der Waals surface area (Å²) >= 11 is 0. The lowest BCUT2D eigenvalue weighted by Gasteiger charge is -2.11. The zero-order chi connectivity index (χ0) is 16.9. The molecule has 0 radical (unpaired) electrons. The molecule has 2 N–H and O–H groups in total. The molecule has 0 aliphatic rings. The van der Waals surface area contributed by atoms with Crippen molar-refractivity contribution in [3.05, 3.63) is 70.5 Å². The lowest BCUT2D eigenvalue weighted by atomic mass is 10.1. The van der Waals surface area contributed by atoms with Gasteiger partial charge in [-0.1, -0.05) is 25.1 Å².